The van der Waals surface area contributed by atoms with Crippen LogP contribution in [0.5, 0.6) is 5.75 Å². The van der Waals surface area contributed by atoms with Crippen molar-refractivity contribution in [2.75, 3.05) is 22.7 Å². The number of ether oxygens (including phenoxy) is 2. The van der Waals surface area contributed by atoms with Crippen molar-refractivity contribution in [2.24, 2.45) is 0 Å². The second-order valence-corrected chi connectivity index (χ2v) is 11.5. The molecule has 15 heteroatoms. The molecule has 0 unspecified atom stereocenters. The fourth-order valence-corrected chi connectivity index (χ4v) is 5.09. The quantitative estimate of drug-likeness (QED) is 0.475. The first-order valence-electron chi connectivity index (χ1n) is 11.6. The highest BCUT2D eigenvalue weighted by atomic mass is 32.2. The molecule has 2 aromatic carbocycles. The molecule has 4 rings (SSSR count). The van der Waals surface area contributed by atoms with Gasteiger partial charge in [-0.3, -0.25) is 14.4 Å². The van der Waals surface area contributed by atoms with Crippen molar-refractivity contribution in [3.63, 3.8) is 0 Å². The number of halogens is 5. The summed E-state index contributed by atoms with van der Waals surface area (Å²) in [4.78, 5) is 23.9. The van der Waals surface area contributed by atoms with Gasteiger partial charge in [-0.05, 0) is 69.2 Å². The fourth-order valence-electron chi connectivity index (χ4n) is 3.59. The van der Waals surface area contributed by atoms with Gasteiger partial charge in [-0.1, -0.05) is 0 Å². The zero-order valence-corrected chi connectivity index (χ0v) is 21.5. The Morgan fingerprint density at radius 2 is 1.77 bits per heavy atom. The predicted molar refractivity (Wildman–Crippen MR) is 128 cm³/mol. The number of nitrogens with zero attached hydrogens (tertiary/aromatic N) is 1. The number of nitrogens with one attached hydrogen (secondary N) is 2. The number of carbonyl (C=O) groups excluding carboxylic acids is 2. The third-order valence-corrected chi connectivity index (χ3v) is 7.95. The van der Waals surface area contributed by atoms with Crippen LogP contribution >= 0.6 is 0 Å². The van der Waals surface area contributed by atoms with E-state index >= 15 is 0 Å². The van der Waals surface area contributed by atoms with Crippen LogP contribution in [0.2, 0.25) is 0 Å². The van der Waals surface area contributed by atoms with Gasteiger partial charge >= 0.3 is 12.3 Å². The maximum Gasteiger partial charge on any atom is 0.427 e. The molecular formula is C24H24F5N3O6S. The van der Waals surface area contributed by atoms with Gasteiger partial charge in [0.1, 0.15) is 17.7 Å². The first kappa shape index (κ1) is 28.4. The average molecular weight is 578 g/mol. The van der Waals surface area contributed by atoms with Crippen molar-refractivity contribution in [3.8, 4) is 5.75 Å². The highest BCUT2D eigenvalue weighted by Gasteiger charge is 2.52. The molecule has 1 heterocycles. The molecule has 1 aliphatic carbocycles. The molecule has 212 valence electrons. The minimum atomic E-state index is -4.85. The molecule has 2 amide bonds. The van der Waals surface area contributed by atoms with Gasteiger partial charge in [0.15, 0.2) is 5.67 Å². The summed E-state index contributed by atoms with van der Waals surface area (Å²) >= 11 is 0. The number of hydrogen-bond donors (Lipinski definition) is 2. The minimum Gasteiger partial charge on any atom is -0.484 e. The largest absolute Gasteiger partial charge is 0.484 e. The fraction of sp³-hybridized carbons (Fsp3) is 0.417. The van der Waals surface area contributed by atoms with Gasteiger partial charge < -0.3 is 14.8 Å². The molecule has 0 radical (unpaired) electrons. The molecule has 0 spiro atoms. The van der Waals surface area contributed by atoms with E-state index in [-0.39, 0.29) is 48.0 Å². The van der Waals surface area contributed by atoms with E-state index in [1.165, 1.54) is 12.1 Å². The molecule has 2 aliphatic rings. The van der Waals surface area contributed by atoms with Crippen LogP contribution in [-0.2, 0) is 19.6 Å². The first-order valence-corrected chi connectivity index (χ1v) is 13.1. The number of hydrogen-bond acceptors (Lipinski definition) is 6. The van der Waals surface area contributed by atoms with Crippen molar-refractivity contribution in [1.29, 1.82) is 0 Å². The molecule has 2 N–H and O–H groups in total. The molecule has 1 fully saturated rings. The number of anilines is 2. The number of sulfonamides is 1. The van der Waals surface area contributed by atoms with Gasteiger partial charge in [0.25, 0.3) is 15.9 Å². The molecule has 0 aromatic heterocycles. The number of benzene rings is 2. The van der Waals surface area contributed by atoms with Crippen molar-refractivity contribution < 1.29 is 49.4 Å². The Labute approximate surface area is 220 Å². The first-order chi connectivity index (χ1) is 18.0. The lowest BCUT2D eigenvalue weighted by molar-refractivity contribution is -0.242. The number of carbonyl (C=O) groups is 2. The summed E-state index contributed by atoms with van der Waals surface area (Å²) in [6.07, 6.45) is -7.09. The van der Waals surface area contributed by atoms with Gasteiger partial charge in [-0.2, -0.15) is 13.2 Å². The SMILES string of the molecule is CC(C)(OC(=O)Nc1ccc2c(c1)N(S(=O)(=O)c1ccc(F)cc1)C[C@H](CNC(=O)C1(F)CC1)O2)C(F)(F)F. The van der Waals surface area contributed by atoms with Crippen molar-refractivity contribution in [2.45, 2.75) is 55.1 Å². The molecule has 39 heavy (non-hydrogen) atoms. The van der Waals surface area contributed by atoms with E-state index in [2.05, 4.69) is 15.4 Å². The van der Waals surface area contributed by atoms with Crippen LogP contribution in [0.1, 0.15) is 26.7 Å². The summed E-state index contributed by atoms with van der Waals surface area (Å²) < 4.78 is 105. The highest BCUT2D eigenvalue weighted by Crippen LogP contribution is 2.41. The van der Waals surface area contributed by atoms with Crippen LogP contribution < -0.4 is 19.7 Å². The summed E-state index contributed by atoms with van der Waals surface area (Å²) in [5, 5.41) is 4.53. The second-order valence-electron chi connectivity index (χ2n) is 9.61. The Kier molecular flexibility index (Phi) is 7.17. The van der Waals surface area contributed by atoms with E-state index in [4.69, 9.17) is 4.74 Å². The lowest BCUT2D eigenvalue weighted by atomic mass is 10.1. The van der Waals surface area contributed by atoms with E-state index in [1.807, 2.05) is 0 Å². The van der Waals surface area contributed by atoms with E-state index in [9.17, 15) is 40.0 Å². The maximum atomic E-state index is 14.0. The third kappa shape index (κ3) is 6.02. The molecule has 2 aromatic rings. The normalized spacial score (nSPS) is 18.4. The number of fused-ring (bicyclic) bond motifs is 1. The summed E-state index contributed by atoms with van der Waals surface area (Å²) in [6, 6.07) is 7.61. The number of amides is 2. The van der Waals surface area contributed by atoms with Gasteiger partial charge in [-0.15, -0.1) is 0 Å². The van der Waals surface area contributed by atoms with Gasteiger partial charge in [0, 0.05) is 5.69 Å². The monoisotopic (exact) mass is 577 g/mol. The topological polar surface area (TPSA) is 114 Å². The Balaban J connectivity index is 1.61. The Morgan fingerprint density at radius 1 is 1.13 bits per heavy atom. The lowest BCUT2D eigenvalue weighted by Gasteiger charge is -2.36. The number of alkyl halides is 4. The molecule has 1 aliphatic heterocycles. The standard InChI is InChI=1S/C24H24F5N3O6S/c1-22(2,24(27,28)29)38-21(34)31-15-5-8-19-18(11-15)32(39(35,36)17-6-3-14(25)4-7-17)13-16(37-19)12-30-20(33)23(26)9-10-23/h3-8,11,16H,9-10,12-13H2,1-2H3,(H,30,33)(H,31,34)/t16-/m0/s1. The zero-order valence-electron chi connectivity index (χ0n) is 20.6. The van der Waals surface area contributed by atoms with Crippen LogP contribution in [0.15, 0.2) is 47.4 Å². The van der Waals surface area contributed by atoms with Crippen LogP contribution in [0.3, 0.4) is 0 Å². The molecule has 9 nitrogen and oxygen atoms in total. The smallest absolute Gasteiger partial charge is 0.427 e. The average Bonchev–Trinajstić information content (AvgIpc) is 3.59. The van der Waals surface area contributed by atoms with Crippen LogP contribution in [0, 0.1) is 5.82 Å². The summed E-state index contributed by atoms with van der Waals surface area (Å²) in [7, 11) is -4.37. The van der Waals surface area contributed by atoms with Gasteiger partial charge in [0.05, 0.1) is 23.7 Å². The molecule has 0 bridgehead atoms. The highest BCUT2D eigenvalue weighted by molar-refractivity contribution is 7.92. The lowest BCUT2D eigenvalue weighted by Crippen LogP contribution is -2.49. The van der Waals surface area contributed by atoms with E-state index in [0.29, 0.717) is 13.8 Å². The Hall–Kier alpha value is -3.62. The van der Waals surface area contributed by atoms with E-state index < -0.39 is 51.4 Å². The number of rotatable bonds is 7. The van der Waals surface area contributed by atoms with Crippen LogP contribution in [0.25, 0.3) is 0 Å². The third-order valence-electron chi connectivity index (χ3n) is 6.16. The summed E-state index contributed by atoms with van der Waals surface area (Å²) in [6.45, 7) is 0.716. The van der Waals surface area contributed by atoms with E-state index in [0.717, 1.165) is 34.6 Å². The van der Waals surface area contributed by atoms with Crippen molar-refractivity contribution in [1.82, 2.24) is 5.32 Å². The molecular weight excluding hydrogens is 553 g/mol. The molecule has 1 atom stereocenters. The van der Waals surface area contributed by atoms with E-state index in [1.54, 1.807) is 0 Å². The zero-order chi connectivity index (χ0) is 28.8. The minimum absolute atomic E-state index is 0.0119. The molecule has 1 saturated carbocycles. The van der Waals surface area contributed by atoms with Crippen LogP contribution in [0.4, 0.5) is 38.1 Å². The van der Waals surface area contributed by atoms with Crippen molar-refractivity contribution in [3.05, 3.63) is 48.3 Å². The van der Waals surface area contributed by atoms with Crippen LogP contribution in [-0.4, -0.2) is 57.1 Å². The Morgan fingerprint density at radius 3 is 2.36 bits per heavy atom. The second kappa shape index (κ2) is 9.84. The Bertz CT molecular complexity index is 1380. The molecule has 0 saturated heterocycles. The van der Waals surface area contributed by atoms with Crippen molar-refractivity contribution >= 4 is 33.4 Å². The maximum absolute atomic E-state index is 14.0. The summed E-state index contributed by atoms with van der Waals surface area (Å²) in [5.74, 6) is -1.53. The summed E-state index contributed by atoms with van der Waals surface area (Å²) in [5.41, 5.74) is -4.97. The van der Waals surface area contributed by atoms with Gasteiger partial charge in [0.2, 0.25) is 5.60 Å². The van der Waals surface area contributed by atoms with Gasteiger partial charge in [-0.25, -0.2) is 22.0 Å². The predicted octanol–water partition coefficient (Wildman–Crippen LogP) is 4.29.